The first-order valence-corrected chi connectivity index (χ1v) is 30.6. The first kappa shape index (κ1) is 77.6. The maximum absolute atomic E-state index is 6.45. The van der Waals surface area contributed by atoms with Crippen LogP contribution in [0.15, 0.2) is 73.1 Å². The summed E-state index contributed by atoms with van der Waals surface area (Å²) in [5.41, 5.74) is 14.1. The molecule has 0 spiro atoms. The van der Waals surface area contributed by atoms with E-state index in [1.165, 1.54) is 33.7 Å². The lowest BCUT2D eigenvalue weighted by molar-refractivity contribution is -0.0663. The zero-order chi connectivity index (χ0) is 57.4. The van der Waals surface area contributed by atoms with Gasteiger partial charge in [-0.3, -0.25) is 14.7 Å². The number of rotatable bonds is 21. The number of thiazole rings is 2. The summed E-state index contributed by atoms with van der Waals surface area (Å²) < 4.78 is 12.7. The number of halogens is 2. The third-order valence-corrected chi connectivity index (χ3v) is 17.5. The van der Waals surface area contributed by atoms with Crippen LogP contribution in [0.3, 0.4) is 0 Å². The van der Waals surface area contributed by atoms with Gasteiger partial charge in [0, 0.05) is 257 Å². The van der Waals surface area contributed by atoms with Gasteiger partial charge in [0.2, 0.25) is 0 Å². The van der Waals surface area contributed by atoms with Gasteiger partial charge in [-0.25, -0.2) is 9.97 Å². The quantitative estimate of drug-likeness (QED) is 0.0517. The maximum atomic E-state index is 6.45. The molecule has 0 amide bonds. The molecule has 4 aromatic rings. The predicted octanol–water partition coefficient (Wildman–Crippen LogP) is -0.827. The van der Waals surface area contributed by atoms with Crippen molar-refractivity contribution in [2.45, 2.75) is 101 Å². The molecule has 82 heavy (non-hydrogen) atoms. The Kier molecular flexibility index (Phi) is 39.4. The van der Waals surface area contributed by atoms with E-state index in [2.05, 4.69) is 88.4 Å². The lowest BCUT2D eigenvalue weighted by Gasteiger charge is -2.46. The van der Waals surface area contributed by atoms with Crippen molar-refractivity contribution >= 4 is 237 Å². The van der Waals surface area contributed by atoms with Crippen LogP contribution in [0.2, 0.25) is 0 Å². The Bertz CT molecular complexity index is 2200. The third-order valence-electron chi connectivity index (χ3n) is 15.3. The van der Waals surface area contributed by atoms with Gasteiger partial charge in [0.05, 0.1) is 24.4 Å². The summed E-state index contributed by atoms with van der Waals surface area (Å²) in [6.07, 6.45) is 5.29. The number of nitrogens with one attached hydrogen (secondary N) is 1. The number of nitrogens with zero attached hydrogens (tertiary/aromatic N) is 5. The lowest BCUT2D eigenvalue weighted by Crippen LogP contribution is -2.84. The Morgan fingerprint density at radius 1 is 0.476 bits per heavy atom. The molecule has 0 aliphatic carbocycles. The van der Waals surface area contributed by atoms with Crippen molar-refractivity contribution in [2.75, 3.05) is 63.8 Å². The van der Waals surface area contributed by atoms with Gasteiger partial charge < -0.3 is 38.6 Å². The van der Waals surface area contributed by atoms with E-state index in [-0.39, 0.29) is 29.3 Å². The van der Waals surface area contributed by atoms with Crippen molar-refractivity contribution in [1.29, 1.82) is 0 Å². The highest BCUT2D eigenvalue weighted by Crippen LogP contribution is 2.26. The second-order valence-electron chi connectivity index (χ2n) is 21.4. The van der Waals surface area contributed by atoms with Gasteiger partial charge in [0.1, 0.15) is 0 Å². The first-order chi connectivity index (χ1) is 37.8. The number of ether oxygens (including phenoxy) is 2. The summed E-state index contributed by atoms with van der Waals surface area (Å²) in [6, 6.07) is 21.1. The first-order valence-electron chi connectivity index (χ1n) is 27.9. The van der Waals surface area contributed by atoms with Gasteiger partial charge in [-0.2, -0.15) is 0 Å². The minimum Gasteiger partial charge on any atom is -0.375 e. The summed E-state index contributed by atoms with van der Waals surface area (Å²) in [5.74, 6) is 0. The number of hydrogen-bond acceptors (Lipinski definition) is 14. The summed E-state index contributed by atoms with van der Waals surface area (Å²) in [6.45, 7) is 12.0. The van der Waals surface area contributed by atoms with Gasteiger partial charge >= 0.3 is 0 Å². The highest BCUT2D eigenvalue weighted by atomic mass is 79.9. The molecule has 12 nitrogen and oxygen atoms in total. The number of benzene rings is 2. The molecule has 6 heterocycles. The molecule has 396 valence electrons. The molecular weight excluding hydrogens is 1160 g/mol. The Balaban J connectivity index is 0.000000389. The average molecular weight is 1230 g/mol. The smallest absolute Gasteiger partial charge is 0.180 e. The second-order valence-corrected chi connectivity index (χ2v) is 24.3. The molecule has 26 radical (unpaired) electrons. The summed E-state index contributed by atoms with van der Waals surface area (Å²) in [7, 11) is 76.2. The number of alkyl halides is 1. The van der Waals surface area contributed by atoms with Gasteiger partial charge in [-0.15, -0.1) is 39.7 Å². The van der Waals surface area contributed by atoms with Crippen LogP contribution in [-0.4, -0.2) is 272 Å². The largest absolute Gasteiger partial charge is 0.375 e. The van der Waals surface area contributed by atoms with E-state index >= 15 is 0 Å². The number of nitrogens with two attached hydrogens (primary N) is 2. The van der Waals surface area contributed by atoms with Crippen molar-refractivity contribution in [1.82, 2.24) is 42.3 Å². The molecule has 4 aliphatic rings. The number of aromatic nitrogens is 2. The molecular formula is C42H68B24Br2N10O2S2. The zero-order valence-corrected chi connectivity index (χ0v) is 52.9. The van der Waals surface area contributed by atoms with Crippen LogP contribution >= 0.6 is 55.6 Å². The van der Waals surface area contributed by atoms with E-state index < -0.39 is 70.2 Å². The maximum Gasteiger partial charge on any atom is 0.180 e. The molecule has 4 saturated heterocycles. The molecule has 2 aromatic heterocycles. The van der Waals surface area contributed by atoms with Crippen LogP contribution in [-0.2, 0) is 34.4 Å². The zero-order valence-electron chi connectivity index (χ0n) is 48.0. The molecule has 2 aromatic carbocycles. The van der Waals surface area contributed by atoms with E-state index in [0.717, 1.165) is 116 Å². The van der Waals surface area contributed by atoms with E-state index in [0.29, 0.717) is 34.7 Å². The van der Waals surface area contributed by atoms with E-state index in [4.69, 9.17) is 122 Å². The van der Waals surface area contributed by atoms with E-state index in [9.17, 15) is 0 Å². The van der Waals surface area contributed by atoms with Crippen LogP contribution in [0.25, 0.3) is 0 Å². The standard InChI is InChI=1S/C21H30N4OS.C14H24N4OS.C7H7Br.B24.BrH.2H3N/c22-21-23-14-20(27-21)16-25-12-8-19(9-13-25)26-18-6-10-24(11-7-18)15-17-4-2-1-3-5-17;15-14-17-9-13(20-14)10-18-7-3-12(4-8-18)19-11-1-5-16-6-2-11;8-6-7-4-2-1-3-5-7;1-14(2)20(13)23(19(11)12)24(21(15(3)4)16(5)6)22(17(7)8)18(9)10;;;/h1-5,14,18-19H,6-13,15-16H2,(H2,22,23);9,11-12,16H,1-8,10H2,(H2,15,17);1-5H,6H2;;1H;2*1H3. The average Bonchev–Trinajstić information content (AvgIpc) is 4.15. The van der Waals surface area contributed by atoms with Crippen molar-refractivity contribution in [2.24, 2.45) is 0 Å². The predicted molar refractivity (Wildman–Crippen MR) is 390 cm³/mol. The Morgan fingerprint density at radius 2 is 0.805 bits per heavy atom. The van der Waals surface area contributed by atoms with Gasteiger partial charge in [0.25, 0.3) is 0 Å². The molecule has 0 atom stereocenters. The second kappa shape index (κ2) is 41.7. The topological polar surface area (TPSA) is 188 Å². The van der Waals surface area contributed by atoms with Crippen LogP contribution < -0.4 is 29.1 Å². The molecule has 4 aliphatic heterocycles. The summed E-state index contributed by atoms with van der Waals surface area (Å²) in [5, 5.41) is 5.68. The Labute approximate surface area is 542 Å². The Morgan fingerprint density at radius 3 is 1.10 bits per heavy atom. The van der Waals surface area contributed by atoms with Gasteiger partial charge in [-0.05, 0) is 75.6 Å². The third kappa shape index (κ3) is 27.5. The highest BCUT2D eigenvalue weighted by molar-refractivity contribution is 9.08. The van der Waals surface area contributed by atoms with Crippen LogP contribution in [0.5, 0.6) is 0 Å². The molecule has 40 heteroatoms. The van der Waals surface area contributed by atoms with Crippen molar-refractivity contribution < 1.29 is 9.47 Å². The fourth-order valence-electron chi connectivity index (χ4n) is 11.1. The number of likely N-dealkylation sites (tertiary alicyclic amines) is 3. The molecule has 0 bridgehead atoms. The SMILES string of the molecule is Br.BrCc1ccccc1.N.N.Nc1ncc(CN2CCC(OC3CCN(Cc4ccccc4)CC3)CC2)s1.Nc1ncc(CN2CCC(OC3CCNCC3)CC2)s1.[B]B([B])B([B])B(B([B])[B])B(B(B([B])[B])B([B])[B])B(B([B])[B])B([B])[B]. The number of nitrogen functional groups attached to an aromatic ring is 2. The fourth-order valence-corrected chi connectivity index (χ4v) is 12.9. The minimum atomic E-state index is -0.973. The van der Waals surface area contributed by atoms with Crippen molar-refractivity contribution in [3.05, 3.63) is 93.9 Å². The number of piperidine rings is 4. The highest BCUT2D eigenvalue weighted by Gasteiger charge is 2.48. The molecule has 4 fully saturated rings. The number of hydrogen-bond donors (Lipinski definition) is 5. The Hall–Kier alpha value is -0.502. The molecule has 11 N–H and O–H groups in total. The van der Waals surface area contributed by atoms with E-state index in [1.54, 1.807) is 22.7 Å². The molecule has 0 saturated carbocycles. The van der Waals surface area contributed by atoms with Crippen molar-refractivity contribution in [3.8, 4) is 0 Å². The minimum absolute atomic E-state index is 0. The fraction of sp³-hybridized carbons (Fsp3) is 0.571. The van der Waals surface area contributed by atoms with Gasteiger partial charge in [0.15, 0.2) is 10.3 Å². The van der Waals surface area contributed by atoms with Crippen LogP contribution in [0.4, 0.5) is 10.3 Å². The van der Waals surface area contributed by atoms with Crippen LogP contribution in [0.1, 0.15) is 72.2 Å². The summed E-state index contributed by atoms with van der Waals surface area (Å²) in [4.78, 5) is 18.3. The molecule has 0 unspecified atom stereocenters. The van der Waals surface area contributed by atoms with E-state index in [1.807, 2.05) is 30.6 Å². The van der Waals surface area contributed by atoms with Crippen molar-refractivity contribution in [3.63, 3.8) is 0 Å². The molecule has 8 rings (SSSR count). The van der Waals surface area contributed by atoms with Gasteiger partial charge in [-0.1, -0.05) is 76.6 Å². The number of anilines is 2. The monoisotopic (exact) mass is 1230 g/mol. The lowest BCUT2D eigenvalue weighted by atomic mass is 8.35. The van der Waals surface area contributed by atoms with Crippen LogP contribution in [0, 0.1) is 0 Å². The normalized spacial score (nSPS) is 16.2. The summed E-state index contributed by atoms with van der Waals surface area (Å²) >= 11 is 6.56.